The van der Waals surface area contributed by atoms with Crippen molar-refractivity contribution in [3.63, 3.8) is 0 Å². The molecular weight excluding hydrogens is 256 g/mol. The van der Waals surface area contributed by atoms with E-state index in [4.69, 9.17) is 4.42 Å². The van der Waals surface area contributed by atoms with Crippen molar-refractivity contribution < 1.29 is 4.42 Å². The fourth-order valence-corrected chi connectivity index (χ4v) is 1.56. The first kappa shape index (κ1) is 14.6. The molecule has 2 rings (SSSR count). The van der Waals surface area contributed by atoms with E-state index in [0.29, 0.717) is 30.9 Å². The van der Waals surface area contributed by atoms with E-state index in [2.05, 4.69) is 39.7 Å². The number of aromatic nitrogens is 5. The lowest BCUT2D eigenvalue weighted by atomic mass is 9.97. The maximum Gasteiger partial charge on any atom is 0.238 e. The minimum absolute atomic E-state index is 0.139. The molecule has 20 heavy (non-hydrogen) atoms. The summed E-state index contributed by atoms with van der Waals surface area (Å²) in [5.74, 6) is 1.18. The highest BCUT2D eigenvalue weighted by Gasteiger charge is 2.21. The molecule has 0 radical (unpaired) electrons. The van der Waals surface area contributed by atoms with Gasteiger partial charge in [-0.2, -0.15) is 0 Å². The molecule has 0 saturated heterocycles. The smallest absolute Gasteiger partial charge is 0.238 e. The Kier molecular flexibility index (Phi) is 4.17. The zero-order valence-electron chi connectivity index (χ0n) is 12.7. The first-order valence-electron chi connectivity index (χ1n) is 6.80. The van der Waals surface area contributed by atoms with E-state index in [1.54, 1.807) is 4.68 Å². The molecule has 0 amide bonds. The largest absolute Gasteiger partial charge is 0.423 e. The summed E-state index contributed by atoms with van der Waals surface area (Å²) >= 11 is 0. The minimum Gasteiger partial charge on any atom is -0.423 e. The van der Waals surface area contributed by atoms with Crippen LogP contribution in [0.4, 0.5) is 0 Å². The maximum atomic E-state index is 5.63. The zero-order chi connectivity index (χ0) is 14.8. The highest BCUT2D eigenvalue weighted by atomic mass is 16.4. The molecule has 2 heterocycles. The Morgan fingerprint density at radius 3 is 2.60 bits per heavy atom. The maximum absolute atomic E-state index is 5.63. The minimum atomic E-state index is -0.139. The van der Waals surface area contributed by atoms with Gasteiger partial charge in [-0.25, -0.2) is 4.68 Å². The molecule has 0 saturated carbocycles. The molecule has 7 heteroatoms. The first-order valence-corrected chi connectivity index (χ1v) is 6.80. The van der Waals surface area contributed by atoms with E-state index in [1.807, 2.05) is 27.0 Å². The van der Waals surface area contributed by atoms with Gasteiger partial charge in [-0.15, -0.1) is 15.3 Å². The SMILES string of the molecule is CC(C)NCc1cn(Cc2nnc(C(C)(C)C)o2)nn1. The van der Waals surface area contributed by atoms with Crippen molar-refractivity contribution in [2.75, 3.05) is 0 Å². The van der Waals surface area contributed by atoms with Crippen LogP contribution in [0.2, 0.25) is 0 Å². The van der Waals surface area contributed by atoms with Gasteiger partial charge in [-0.05, 0) is 0 Å². The van der Waals surface area contributed by atoms with Crippen molar-refractivity contribution in [1.29, 1.82) is 0 Å². The molecule has 0 aromatic carbocycles. The van der Waals surface area contributed by atoms with Crippen molar-refractivity contribution in [3.05, 3.63) is 23.7 Å². The van der Waals surface area contributed by atoms with Crippen LogP contribution in [0.15, 0.2) is 10.6 Å². The normalized spacial score (nSPS) is 12.3. The van der Waals surface area contributed by atoms with Crippen LogP contribution in [-0.2, 0) is 18.5 Å². The Bertz CT molecular complexity index is 551. The Labute approximate surface area is 118 Å². The third-order valence-electron chi connectivity index (χ3n) is 2.68. The molecule has 0 bridgehead atoms. The summed E-state index contributed by atoms with van der Waals surface area (Å²) in [5.41, 5.74) is 0.759. The molecule has 7 nitrogen and oxygen atoms in total. The van der Waals surface area contributed by atoms with Gasteiger partial charge in [-0.1, -0.05) is 39.8 Å². The van der Waals surface area contributed by atoms with E-state index >= 15 is 0 Å². The van der Waals surface area contributed by atoms with Crippen LogP contribution in [0.25, 0.3) is 0 Å². The topological polar surface area (TPSA) is 81.7 Å². The second kappa shape index (κ2) is 5.70. The highest BCUT2D eigenvalue weighted by Crippen LogP contribution is 2.20. The average Bonchev–Trinajstić information content (AvgIpc) is 2.95. The first-order chi connectivity index (χ1) is 9.34. The predicted molar refractivity (Wildman–Crippen MR) is 74.1 cm³/mol. The molecule has 0 unspecified atom stereocenters. The summed E-state index contributed by atoms with van der Waals surface area (Å²) in [6.07, 6.45) is 1.89. The summed E-state index contributed by atoms with van der Waals surface area (Å²) < 4.78 is 7.34. The number of hydrogen-bond donors (Lipinski definition) is 1. The van der Waals surface area contributed by atoms with Gasteiger partial charge in [0.05, 0.1) is 11.9 Å². The van der Waals surface area contributed by atoms with E-state index in [0.717, 1.165) is 5.69 Å². The molecule has 110 valence electrons. The monoisotopic (exact) mass is 278 g/mol. The Balaban J connectivity index is 1.98. The quantitative estimate of drug-likeness (QED) is 0.892. The fourth-order valence-electron chi connectivity index (χ4n) is 1.56. The molecule has 0 atom stereocenters. The molecular formula is C13H22N6O. The molecule has 0 aliphatic heterocycles. The third kappa shape index (κ3) is 3.86. The van der Waals surface area contributed by atoms with Crippen molar-refractivity contribution in [1.82, 2.24) is 30.5 Å². The molecule has 0 aliphatic carbocycles. The number of rotatable bonds is 5. The van der Waals surface area contributed by atoms with Crippen LogP contribution in [0.5, 0.6) is 0 Å². The Morgan fingerprint density at radius 2 is 2.00 bits per heavy atom. The summed E-state index contributed by atoms with van der Waals surface area (Å²) in [5, 5.41) is 19.6. The van der Waals surface area contributed by atoms with Gasteiger partial charge in [0.25, 0.3) is 0 Å². The van der Waals surface area contributed by atoms with Crippen molar-refractivity contribution >= 4 is 0 Å². The molecule has 2 aromatic rings. The van der Waals surface area contributed by atoms with Crippen LogP contribution in [0.1, 0.15) is 52.1 Å². The van der Waals surface area contributed by atoms with Gasteiger partial charge in [0.1, 0.15) is 6.54 Å². The van der Waals surface area contributed by atoms with Crippen molar-refractivity contribution in [2.45, 2.75) is 59.2 Å². The summed E-state index contributed by atoms with van der Waals surface area (Å²) in [6, 6.07) is 0.422. The highest BCUT2D eigenvalue weighted by molar-refractivity contribution is 4.97. The number of nitrogens with zero attached hydrogens (tertiary/aromatic N) is 5. The Morgan fingerprint density at radius 1 is 1.25 bits per heavy atom. The fraction of sp³-hybridized carbons (Fsp3) is 0.692. The van der Waals surface area contributed by atoms with Crippen LogP contribution >= 0.6 is 0 Å². The van der Waals surface area contributed by atoms with E-state index in [-0.39, 0.29) is 5.41 Å². The van der Waals surface area contributed by atoms with Crippen molar-refractivity contribution in [3.8, 4) is 0 Å². The van der Waals surface area contributed by atoms with E-state index in [9.17, 15) is 0 Å². The average molecular weight is 278 g/mol. The summed E-state index contributed by atoms with van der Waals surface area (Å²) in [6.45, 7) is 11.4. The molecule has 1 N–H and O–H groups in total. The lowest BCUT2D eigenvalue weighted by molar-refractivity contribution is 0.362. The second-order valence-corrected chi connectivity index (χ2v) is 6.19. The van der Waals surface area contributed by atoms with Crippen molar-refractivity contribution in [2.24, 2.45) is 0 Å². The van der Waals surface area contributed by atoms with Gasteiger partial charge in [0.2, 0.25) is 11.8 Å². The van der Waals surface area contributed by atoms with Gasteiger partial charge in [0.15, 0.2) is 0 Å². The molecule has 0 spiro atoms. The van der Waals surface area contributed by atoms with Gasteiger partial charge >= 0.3 is 0 Å². The predicted octanol–water partition coefficient (Wildman–Crippen LogP) is 1.50. The molecule has 0 aliphatic rings. The van der Waals surface area contributed by atoms with Crippen LogP contribution in [-0.4, -0.2) is 31.2 Å². The van der Waals surface area contributed by atoms with Gasteiger partial charge in [-0.3, -0.25) is 0 Å². The van der Waals surface area contributed by atoms with Gasteiger partial charge < -0.3 is 9.73 Å². The van der Waals surface area contributed by atoms with Gasteiger partial charge in [0, 0.05) is 18.0 Å². The van der Waals surface area contributed by atoms with E-state index in [1.165, 1.54) is 0 Å². The zero-order valence-corrected chi connectivity index (χ0v) is 12.7. The number of hydrogen-bond acceptors (Lipinski definition) is 6. The summed E-state index contributed by atoms with van der Waals surface area (Å²) in [7, 11) is 0. The van der Waals surface area contributed by atoms with Crippen LogP contribution in [0, 0.1) is 0 Å². The standard InChI is InChI=1S/C13H22N6O/c1-9(2)14-6-10-7-19(18-15-10)8-11-16-17-12(20-11)13(3,4)5/h7,9,14H,6,8H2,1-5H3. The van der Waals surface area contributed by atoms with Crippen LogP contribution in [0.3, 0.4) is 0 Å². The Hall–Kier alpha value is -1.76. The lowest BCUT2D eigenvalue weighted by Gasteiger charge is -2.10. The van der Waals surface area contributed by atoms with Crippen LogP contribution < -0.4 is 5.32 Å². The summed E-state index contributed by atoms with van der Waals surface area (Å²) in [4.78, 5) is 0. The third-order valence-corrected chi connectivity index (χ3v) is 2.68. The van der Waals surface area contributed by atoms with E-state index < -0.39 is 0 Å². The molecule has 0 fully saturated rings. The lowest BCUT2D eigenvalue weighted by Crippen LogP contribution is -2.21. The molecule has 2 aromatic heterocycles. The second-order valence-electron chi connectivity index (χ2n) is 6.19. The number of nitrogens with one attached hydrogen (secondary N) is 1.